The average molecular weight is 353 g/mol. The molecule has 4 rings (SSSR count). The Morgan fingerprint density at radius 2 is 1.96 bits per heavy atom. The normalized spacial score (nSPS) is 16.7. The number of H-pyrrole nitrogens is 1. The van der Waals surface area contributed by atoms with Gasteiger partial charge in [-0.2, -0.15) is 0 Å². The molecule has 0 radical (unpaired) electrons. The maximum Gasteiger partial charge on any atom is 0.251 e. The zero-order chi connectivity index (χ0) is 17.6. The summed E-state index contributed by atoms with van der Waals surface area (Å²) in [5.74, 6) is 0.0122. The van der Waals surface area contributed by atoms with E-state index in [9.17, 15) is 4.79 Å². The van der Waals surface area contributed by atoms with Gasteiger partial charge in [-0.3, -0.25) is 4.79 Å². The first-order valence-corrected chi connectivity index (χ1v) is 9.06. The second-order valence-electron chi connectivity index (χ2n) is 7.03. The summed E-state index contributed by atoms with van der Waals surface area (Å²) < 4.78 is 0. The standard InChI is InChI=1S/C21H21ClN2O/c1-12-8-13(2)10-14(9-12)21(25)23-15-6-7-19-17(11-15)16-4-3-5-18(22)20(16)24-19/h3-5,8-10,15,24H,6-7,11H2,1-2H3,(H,23,25). The molecule has 1 unspecified atom stereocenters. The summed E-state index contributed by atoms with van der Waals surface area (Å²) in [6.07, 6.45) is 2.71. The Kier molecular flexibility index (Phi) is 4.04. The van der Waals surface area contributed by atoms with Gasteiger partial charge < -0.3 is 10.3 Å². The van der Waals surface area contributed by atoms with E-state index in [1.807, 2.05) is 38.1 Å². The van der Waals surface area contributed by atoms with Crippen LogP contribution >= 0.6 is 11.6 Å². The van der Waals surface area contributed by atoms with E-state index >= 15 is 0 Å². The van der Waals surface area contributed by atoms with Crippen LogP contribution in [-0.4, -0.2) is 16.9 Å². The Bertz CT molecular complexity index is 953. The van der Waals surface area contributed by atoms with Gasteiger partial charge in [-0.25, -0.2) is 0 Å². The predicted octanol–water partition coefficient (Wildman–Crippen LogP) is 4.73. The van der Waals surface area contributed by atoms with E-state index < -0.39 is 0 Å². The smallest absolute Gasteiger partial charge is 0.251 e. The van der Waals surface area contributed by atoms with Gasteiger partial charge in [-0.15, -0.1) is 0 Å². The highest BCUT2D eigenvalue weighted by Gasteiger charge is 2.24. The molecular weight excluding hydrogens is 332 g/mol. The first kappa shape index (κ1) is 16.2. The van der Waals surface area contributed by atoms with Gasteiger partial charge in [-0.1, -0.05) is 40.9 Å². The molecule has 1 aliphatic carbocycles. The van der Waals surface area contributed by atoms with Gasteiger partial charge >= 0.3 is 0 Å². The van der Waals surface area contributed by atoms with Crippen molar-refractivity contribution in [1.29, 1.82) is 0 Å². The van der Waals surface area contributed by atoms with Crippen LogP contribution in [0.5, 0.6) is 0 Å². The number of para-hydroxylation sites is 1. The minimum atomic E-state index is 0.0122. The third-order valence-electron chi connectivity index (χ3n) is 4.99. The molecule has 2 N–H and O–H groups in total. The fraction of sp³-hybridized carbons (Fsp3) is 0.286. The highest BCUT2D eigenvalue weighted by Crippen LogP contribution is 2.32. The van der Waals surface area contributed by atoms with E-state index in [1.165, 1.54) is 16.6 Å². The fourth-order valence-corrected chi connectivity index (χ4v) is 4.12. The summed E-state index contributed by atoms with van der Waals surface area (Å²) in [6, 6.07) is 12.1. The summed E-state index contributed by atoms with van der Waals surface area (Å²) in [7, 11) is 0. The SMILES string of the molecule is Cc1cc(C)cc(C(=O)NC2CCc3[nH]c4c(Cl)cccc4c3C2)c1. The summed E-state index contributed by atoms with van der Waals surface area (Å²) in [5.41, 5.74) is 6.51. The minimum Gasteiger partial charge on any atom is -0.357 e. The Labute approximate surface area is 152 Å². The number of aryl methyl sites for hydroxylation is 3. The number of aromatic nitrogens is 1. The summed E-state index contributed by atoms with van der Waals surface area (Å²) in [6.45, 7) is 4.04. The van der Waals surface area contributed by atoms with Gasteiger partial charge in [0.05, 0.1) is 10.5 Å². The lowest BCUT2D eigenvalue weighted by Crippen LogP contribution is -2.38. The number of hydrogen-bond acceptors (Lipinski definition) is 1. The van der Waals surface area contributed by atoms with Crippen molar-refractivity contribution in [3.63, 3.8) is 0 Å². The number of aromatic amines is 1. The molecule has 1 amide bonds. The zero-order valence-electron chi connectivity index (χ0n) is 14.4. The Balaban J connectivity index is 1.57. The van der Waals surface area contributed by atoms with Crippen LogP contribution in [0.4, 0.5) is 0 Å². The Morgan fingerprint density at radius 1 is 1.20 bits per heavy atom. The van der Waals surface area contributed by atoms with Crippen molar-refractivity contribution in [2.45, 2.75) is 39.2 Å². The van der Waals surface area contributed by atoms with Crippen molar-refractivity contribution in [3.05, 3.63) is 69.4 Å². The molecule has 1 atom stereocenters. The number of benzene rings is 2. The van der Waals surface area contributed by atoms with Gasteiger partial charge in [0.25, 0.3) is 5.91 Å². The summed E-state index contributed by atoms with van der Waals surface area (Å²) >= 11 is 6.31. The summed E-state index contributed by atoms with van der Waals surface area (Å²) in [4.78, 5) is 16.1. The minimum absolute atomic E-state index is 0.0122. The molecule has 2 aromatic carbocycles. The zero-order valence-corrected chi connectivity index (χ0v) is 15.2. The van der Waals surface area contributed by atoms with Crippen molar-refractivity contribution < 1.29 is 4.79 Å². The van der Waals surface area contributed by atoms with Gasteiger partial charge in [-0.05, 0) is 56.9 Å². The second kappa shape index (κ2) is 6.23. The van der Waals surface area contributed by atoms with Gasteiger partial charge in [0.1, 0.15) is 0 Å². The van der Waals surface area contributed by atoms with Crippen LogP contribution in [0.25, 0.3) is 10.9 Å². The number of rotatable bonds is 2. The maximum absolute atomic E-state index is 12.6. The van der Waals surface area contributed by atoms with Crippen LogP contribution in [0.2, 0.25) is 5.02 Å². The van der Waals surface area contributed by atoms with Crippen molar-refractivity contribution in [2.75, 3.05) is 0 Å². The monoisotopic (exact) mass is 352 g/mol. The third-order valence-corrected chi connectivity index (χ3v) is 5.31. The molecule has 1 aromatic heterocycles. The Hall–Kier alpha value is -2.26. The van der Waals surface area contributed by atoms with Crippen LogP contribution in [0.15, 0.2) is 36.4 Å². The molecule has 1 aliphatic rings. The summed E-state index contributed by atoms with van der Waals surface area (Å²) in [5, 5.41) is 5.14. The topological polar surface area (TPSA) is 44.9 Å². The van der Waals surface area contributed by atoms with Crippen molar-refractivity contribution in [2.24, 2.45) is 0 Å². The molecule has 3 nitrogen and oxygen atoms in total. The number of fused-ring (bicyclic) bond motifs is 3. The van der Waals surface area contributed by atoms with Crippen molar-refractivity contribution >= 4 is 28.4 Å². The number of carbonyl (C=O) groups is 1. The number of amides is 1. The van der Waals surface area contributed by atoms with Crippen molar-refractivity contribution in [3.8, 4) is 0 Å². The lowest BCUT2D eigenvalue weighted by Gasteiger charge is -2.24. The van der Waals surface area contributed by atoms with E-state index in [1.54, 1.807) is 0 Å². The lowest BCUT2D eigenvalue weighted by atomic mass is 9.91. The molecule has 0 aliphatic heterocycles. The molecule has 0 fully saturated rings. The third kappa shape index (κ3) is 3.05. The molecule has 0 saturated carbocycles. The van der Waals surface area contributed by atoms with Crippen LogP contribution in [0.1, 0.15) is 39.2 Å². The maximum atomic E-state index is 12.6. The molecule has 0 spiro atoms. The molecule has 0 bridgehead atoms. The second-order valence-corrected chi connectivity index (χ2v) is 7.44. The average Bonchev–Trinajstić information content (AvgIpc) is 2.94. The number of halogens is 1. The first-order chi connectivity index (χ1) is 12.0. The molecule has 1 heterocycles. The number of carbonyl (C=O) groups excluding carboxylic acids is 1. The fourth-order valence-electron chi connectivity index (χ4n) is 3.90. The van der Waals surface area contributed by atoms with E-state index in [4.69, 9.17) is 11.6 Å². The Morgan fingerprint density at radius 3 is 2.72 bits per heavy atom. The van der Waals surface area contributed by atoms with Crippen LogP contribution in [-0.2, 0) is 12.8 Å². The van der Waals surface area contributed by atoms with E-state index in [0.29, 0.717) is 0 Å². The number of hydrogen-bond donors (Lipinski definition) is 2. The van der Waals surface area contributed by atoms with E-state index in [0.717, 1.165) is 46.5 Å². The first-order valence-electron chi connectivity index (χ1n) is 8.68. The lowest BCUT2D eigenvalue weighted by molar-refractivity contribution is 0.0933. The molecular formula is C21H21ClN2O. The molecule has 4 heteroatoms. The van der Waals surface area contributed by atoms with E-state index in [2.05, 4.69) is 22.4 Å². The van der Waals surface area contributed by atoms with Crippen LogP contribution in [0.3, 0.4) is 0 Å². The van der Waals surface area contributed by atoms with Crippen molar-refractivity contribution in [1.82, 2.24) is 10.3 Å². The molecule has 128 valence electrons. The highest BCUT2D eigenvalue weighted by atomic mass is 35.5. The van der Waals surface area contributed by atoms with Crippen LogP contribution < -0.4 is 5.32 Å². The van der Waals surface area contributed by atoms with Crippen LogP contribution in [0, 0.1) is 13.8 Å². The molecule has 0 saturated heterocycles. The van der Waals surface area contributed by atoms with E-state index in [-0.39, 0.29) is 11.9 Å². The van der Waals surface area contributed by atoms with Gasteiger partial charge in [0, 0.05) is 22.7 Å². The van der Waals surface area contributed by atoms with Gasteiger partial charge in [0.2, 0.25) is 0 Å². The largest absolute Gasteiger partial charge is 0.357 e. The highest BCUT2D eigenvalue weighted by molar-refractivity contribution is 6.35. The molecule has 3 aromatic rings. The number of nitrogens with one attached hydrogen (secondary N) is 2. The molecule has 25 heavy (non-hydrogen) atoms. The predicted molar refractivity (Wildman–Crippen MR) is 103 cm³/mol. The van der Waals surface area contributed by atoms with Gasteiger partial charge in [0.15, 0.2) is 0 Å². The quantitative estimate of drug-likeness (QED) is 0.688.